The second-order valence-corrected chi connectivity index (χ2v) is 7.39. The number of alkyl halides is 2. The SMILES string of the molecule is CC(C)(C)OC(=O)N1CCC(C#N)(c2ccc(OCC(F)F)cc2)CC1. The molecule has 7 heteroatoms. The van der Waals surface area contributed by atoms with Crippen LogP contribution in [0.3, 0.4) is 0 Å². The Balaban J connectivity index is 2.02. The van der Waals surface area contributed by atoms with Crippen LogP contribution in [0.2, 0.25) is 0 Å². The van der Waals surface area contributed by atoms with Crippen LogP contribution in [0.5, 0.6) is 5.75 Å². The summed E-state index contributed by atoms with van der Waals surface area (Å²) in [6.07, 6.45) is -1.93. The number of rotatable bonds is 4. The van der Waals surface area contributed by atoms with E-state index in [4.69, 9.17) is 9.47 Å². The van der Waals surface area contributed by atoms with E-state index in [9.17, 15) is 18.8 Å². The summed E-state index contributed by atoms with van der Waals surface area (Å²) < 4.78 is 34.7. The van der Waals surface area contributed by atoms with Crippen LogP contribution in [0.15, 0.2) is 24.3 Å². The number of piperidine rings is 1. The second kappa shape index (κ2) is 7.90. The van der Waals surface area contributed by atoms with Crippen molar-refractivity contribution in [3.63, 3.8) is 0 Å². The number of carbonyl (C=O) groups excluding carboxylic acids is 1. The monoisotopic (exact) mass is 366 g/mol. The Bertz CT molecular complexity index is 655. The van der Waals surface area contributed by atoms with E-state index in [1.807, 2.05) is 20.8 Å². The van der Waals surface area contributed by atoms with E-state index >= 15 is 0 Å². The van der Waals surface area contributed by atoms with Crippen LogP contribution in [-0.2, 0) is 10.2 Å². The molecular formula is C19H24F2N2O3. The topological polar surface area (TPSA) is 62.6 Å². The lowest BCUT2D eigenvalue weighted by molar-refractivity contribution is 0.0185. The molecule has 1 aliphatic rings. The van der Waals surface area contributed by atoms with E-state index in [1.54, 1.807) is 29.2 Å². The van der Waals surface area contributed by atoms with E-state index in [0.717, 1.165) is 5.56 Å². The molecular weight excluding hydrogens is 342 g/mol. The molecule has 0 aliphatic carbocycles. The Morgan fingerprint density at radius 1 is 1.27 bits per heavy atom. The van der Waals surface area contributed by atoms with Crippen LogP contribution in [0.25, 0.3) is 0 Å². The molecule has 1 heterocycles. The molecule has 0 atom stereocenters. The van der Waals surface area contributed by atoms with Crippen molar-refractivity contribution in [1.82, 2.24) is 4.90 Å². The molecule has 0 bridgehead atoms. The van der Waals surface area contributed by atoms with Gasteiger partial charge in [0.05, 0.1) is 11.5 Å². The third-order valence-electron chi connectivity index (χ3n) is 4.27. The highest BCUT2D eigenvalue weighted by molar-refractivity contribution is 5.68. The molecule has 1 saturated heterocycles. The standard InChI is InChI=1S/C19H24F2N2O3/c1-18(2,3)26-17(24)23-10-8-19(13-22,9-11-23)14-4-6-15(7-5-14)25-12-16(20)21/h4-7,16H,8-12H2,1-3H3. The van der Waals surface area contributed by atoms with Crippen molar-refractivity contribution < 1.29 is 23.0 Å². The van der Waals surface area contributed by atoms with Gasteiger partial charge in [-0.05, 0) is 51.3 Å². The van der Waals surface area contributed by atoms with Crippen molar-refractivity contribution in [3.05, 3.63) is 29.8 Å². The van der Waals surface area contributed by atoms with Crippen LogP contribution in [0.1, 0.15) is 39.2 Å². The highest BCUT2D eigenvalue weighted by Crippen LogP contribution is 2.36. The Hall–Kier alpha value is -2.36. The maximum Gasteiger partial charge on any atom is 0.410 e. The zero-order valence-corrected chi connectivity index (χ0v) is 15.3. The fourth-order valence-electron chi connectivity index (χ4n) is 2.89. The number of nitrogens with zero attached hydrogens (tertiary/aromatic N) is 2. The quantitative estimate of drug-likeness (QED) is 0.804. The Labute approximate surface area is 152 Å². The van der Waals surface area contributed by atoms with Gasteiger partial charge in [-0.2, -0.15) is 5.26 Å². The first-order chi connectivity index (χ1) is 12.1. The molecule has 0 unspecified atom stereocenters. The second-order valence-electron chi connectivity index (χ2n) is 7.39. The molecule has 1 aromatic carbocycles. The molecule has 0 saturated carbocycles. The van der Waals surface area contributed by atoms with Gasteiger partial charge in [0, 0.05) is 13.1 Å². The molecule has 26 heavy (non-hydrogen) atoms. The number of likely N-dealkylation sites (tertiary alicyclic amines) is 1. The number of hydrogen-bond donors (Lipinski definition) is 0. The van der Waals surface area contributed by atoms with Gasteiger partial charge in [-0.1, -0.05) is 12.1 Å². The molecule has 1 aliphatic heterocycles. The molecule has 0 aromatic heterocycles. The minimum absolute atomic E-state index is 0.341. The lowest BCUT2D eigenvalue weighted by Crippen LogP contribution is -2.46. The van der Waals surface area contributed by atoms with E-state index in [0.29, 0.717) is 31.7 Å². The van der Waals surface area contributed by atoms with Gasteiger partial charge in [-0.3, -0.25) is 0 Å². The number of hydrogen-bond acceptors (Lipinski definition) is 4. The van der Waals surface area contributed by atoms with Crippen molar-refractivity contribution in [2.24, 2.45) is 0 Å². The van der Waals surface area contributed by atoms with Crippen molar-refractivity contribution in [2.75, 3.05) is 19.7 Å². The van der Waals surface area contributed by atoms with E-state index < -0.39 is 24.0 Å². The average molecular weight is 366 g/mol. The van der Waals surface area contributed by atoms with E-state index in [1.165, 1.54) is 0 Å². The summed E-state index contributed by atoms with van der Waals surface area (Å²) >= 11 is 0. The first kappa shape index (κ1) is 20.0. The molecule has 1 fully saturated rings. The summed E-state index contributed by atoms with van der Waals surface area (Å²) in [6, 6.07) is 9.02. The van der Waals surface area contributed by atoms with Gasteiger partial charge < -0.3 is 14.4 Å². The Morgan fingerprint density at radius 3 is 2.31 bits per heavy atom. The summed E-state index contributed by atoms with van der Waals surface area (Å²) in [4.78, 5) is 13.8. The van der Waals surface area contributed by atoms with Crippen molar-refractivity contribution >= 4 is 6.09 Å². The highest BCUT2D eigenvalue weighted by atomic mass is 19.3. The highest BCUT2D eigenvalue weighted by Gasteiger charge is 2.38. The van der Waals surface area contributed by atoms with Crippen LogP contribution in [0, 0.1) is 11.3 Å². The minimum atomic E-state index is -2.53. The minimum Gasteiger partial charge on any atom is -0.488 e. The molecule has 5 nitrogen and oxygen atoms in total. The molecule has 1 aromatic rings. The van der Waals surface area contributed by atoms with Gasteiger partial charge in [-0.25, -0.2) is 13.6 Å². The number of nitriles is 1. The van der Waals surface area contributed by atoms with Crippen LogP contribution in [0.4, 0.5) is 13.6 Å². The van der Waals surface area contributed by atoms with Gasteiger partial charge in [0.25, 0.3) is 6.43 Å². The van der Waals surface area contributed by atoms with E-state index in [-0.39, 0.29) is 6.09 Å². The molecule has 1 amide bonds. The number of benzene rings is 1. The smallest absolute Gasteiger partial charge is 0.410 e. The summed E-state index contributed by atoms with van der Waals surface area (Å²) in [5, 5.41) is 9.74. The number of ether oxygens (including phenoxy) is 2. The maximum atomic E-state index is 12.2. The van der Waals surface area contributed by atoms with Crippen molar-refractivity contribution in [3.8, 4) is 11.8 Å². The summed E-state index contributed by atoms with van der Waals surface area (Å²) in [6.45, 7) is 5.62. The van der Waals surface area contributed by atoms with Gasteiger partial charge in [0.2, 0.25) is 0 Å². The maximum absolute atomic E-state index is 12.2. The van der Waals surface area contributed by atoms with Crippen LogP contribution >= 0.6 is 0 Å². The fourth-order valence-corrected chi connectivity index (χ4v) is 2.89. The summed E-state index contributed by atoms with van der Waals surface area (Å²) in [5.74, 6) is 0.341. The fraction of sp³-hybridized carbons (Fsp3) is 0.579. The van der Waals surface area contributed by atoms with E-state index in [2.05, 4.69) is 6.07 Å². The molecule has 142 valence electrons. The summed E-state index contributed by atoms with van der Waals surface area (Å²) in [5.41, 5.74) is -0.470. The zero-order chi connectivity index (χ0) is 19.4. The number of carbonyl (C=O) groups is 1. The van der Waals surface area contributed by atoms with Crippen molar-refractivity contribution in [2.45, 2.75) is 51.1 Å². The van der Waals surface area contributed by atoms with Crippen molar-refractivity contribution in [1.29, 1.82) is 5.26 Å². The van der Waals surface area contributed by atoms with Crippen LogP contribution < -0.4 is 4.74 Å². The normalized spacial score (nSPS) is 16.9. The third kappa shape index (κ3) is 5.07. The lowest BCUT2D eigenvalue weighted by Gasteiger charge is -2.38. The largest absolute Gasteiger partial charge is 0.488 e. The van der Waals surface area contributed by atoms with Crippen LogP contribution in [-0.4, -0.2) is 42.7 Å². The molecule has 0 spiro atoms. The van der Waals surface area contributed by atoms with Gasteiger partial charge in [0.1, 0.15) is 18.0 Å². The third-order valence-corrected chi connectivity index (χ3v) is 4.27. The zero-order valence-electron chi connectivity index (χ0n) is 15.3. The molecule has 2 rings (SSSR count). The van der Waals surface area contributed by atoms with Gasteiger partial charge >= 0.3 is 6.09 Å². The Morgan fingerprint density at radius 2 is 1.85 bits per heavy atom. The lowest BCUT2D eigenvalue weighted by atomic mass is 9.74. The number of halogens is 2. The van der Waals surface area contributed by atoms with Gasteiger partial charge in [0.15, 0.2) is 0 Å². The molecule has 0 N–H and O–H groups in total. The average Bonchev–Trinajstić information content (AvgIpc) is 2.59. The summed E-state index contributed by atoms with van der Waals surface area (Å²) in [7, 11) is 0. The predicted molar refractivity (Wildman–Crippen MR) is 92.3 cm³/mol. The molecule has 0 radical (unpaired) electrons. The first-order valence-corrected chi connectivity index (χ1v) is 8.56. The van der Waals surface area contributed by atoms with Gasteiger partial charge in [-0.15, -0.1) is 0 Å². The first-order valence-electron chi connectivity index (χ1n) is 8.56. The number of amides is 1. The predicted octanol–water partition coefficient (Wildman–Crippen LogP) is 4.12. The Kier molecular flexibility index (Phi) is 6.06.